The number of unbranched alkanes of at least 4 members (excludes halogenated alkanes) is 4. The van der Waals surface area contributed by atoms with Gasteiger partial charge in [-0.2, -0.15) is 0 Å². The summed E-state index contributed by atoms with van der Waals surface area (Å²) < 4.78 is 0. The van der Waals surface area contributed by atoms with Crippen LogP contribution in [0.1, 0.15) is 59.3 Å². The number of aliphatic hydroxyl groups is 1. The van der Waals surface area contributed by atoms with Crippen LogP contribution in [0.15, 0.2) is 0 Å². The van der Waals surface area contributed by atoms with Crippen molar-refractivity contribution in [3.05, 3.63) is 0 Å². The third-order valence-corrected chi connectivity index (χ3v) is 2.82. The maximum absolute atomic E-state index is 11.0. The molecule has 0 rings (SSSR count). The van der Waals surface area contributed by atoms with E-state index >= 15 is 0 Å². The normalized spacial score (nSPS) is 15.1. The van der Waals surface area contributed by atoms with E-state index in [1.165, 1.54) is 25.7 Å². The summed E-state index contributed by atoms with van der Waals surface area (Å²) in [6.45, 7) is 5.54. The first-order chi connectivity index (χ1) is 6.59. The Morgan fingerprint density at radius 1 is 1.21 bits per heavy atom. The Labute approximate surface area is 87.7 Å². The van der Waals surface area contributed by atoms with Gasteiger partial charge in [-0.15, -0.1) is 0 Å². The first-order valence-electron chi connectivity index (χ1n) is 5.78. The summed E-state index contributed by atoms with van der Waals surface area (Å²) in [7, 11) is 0. The average molecular weight is 200 g/mol. The van der Waals surface area contributed by atoms with E-state index in [9.17, 15) is 9.90 Å². The molecule has 1 N–H and O–H groups in total. The van der Waals surface area contributed by atoms with Gasteiger partial charge in [-0.05, 0) is 13.3 Å². The molecule has 0 aliphatic carbocycles. The van der Waals surface area contributed by atoms with E-state index in [1.54, 1.807) is 13.8 Å². The molecule has 0 spiro atoms. The van der Waals surface area contributed by atoms with Gasteiger partial charge in [-0.25, -0.2) is 0 Å². The van der Waals surface area contributed by atoms with Gasteiger partial charge < -0.3 is 5.11 Å². The topological polar surface area (TPSA) is 37.3 Å². The van der Waals surface area contributed by atoms with Crippen molar-refractivity contribution in [2.24, 2.45) is 5.92 Å². The van der Waals surface area contributed by atoms with Crippen LogP contribution in [-0.4, -0.2) is 17.0 Å². The zero-order valence-electron chi connectivity index (χ0n) is 9.75. The lowest BCUT2D eigenvalue weighted by molar-refractivity contribution is -0.123. The highest BCUT2D eigenvalue weighted by molar-refractivity contribution is 5.78. The standard InChI is InChI=1S/C12H24O2/c1-4-5-6-7-8-9-12(14)10(2)11(3)13/h10,12,14H,4-9H2,1-3H3. The molecule has 0 bridgehead atoms. The van der Waals surface area contributed by atoms with Crippen LogP contribution in [0.2, 0.25) is 0 Å². The predicted molar refractivity (Wildman–Crippen MR) is 59.2 cm³/mol. The summed E-state index contributed by atoms with van der Waals surface area (Å²) >= 11 is 0. The average Bonchev–Trinajstić information content (AvgIpc) is 2.16. The Hall–Kier alpha value is -0.370. The van der Waals surface area contributed by atoms with Crippen LogP contribution in [0.5, 0.6) is 0 Å². The SMILES string of the molecule is CCCCCCCC(O)C(C)C(C)=O. The second-order valence-electron chi connectivity index (χ2n) is 4.17. The van der Waals surface area contributed by atoms with E-state index in [2.05, 4.69) is 6.92 Å². The fraction of sp³-hybridized carbons (Fsp3) is 0.917. The Morgan fingerprint density at radius 2 is 1.79 bits per heavy atom. The van der Waals surface area contributed by atoms with Crippen LogP contribution >= 0.6 is 0 Å². The van der Waals surface area contributed by atoms with E-state index in [0.29, 0.717) is 0 Å². The number of hydrogen-bond donors (Lipinski definition) is 1. The van der Waals surface area contributed by atoms with Gasteiger partial charge in [0.15, 0.2) is 0 Å². The maximum atomic E-state index is 11.0. The van der Waals surface area contributed by atoms with E-state index < -0.39 is 6.10 Å². The van der Waals surface area contributed by atoms with Gasteiger partial charge in [-0.1, -0.05) is 46.0 Å². The minimum absolute atomic E-state index is 0.0889. The van der Waals surface area contributed by atoms with E-state index in [1.807, 2.05) is 0 Å². The minimum Gasteiger partial charge on any atom is -0.392 e. The van der Waals surface area contributed by atoms with Gasteiger partial charge in [0.05, 0.1) is 6.10 Å². The number of Topliss-reactive ketones (excluding diaryl/α,β-unsaturated/α-hetero) is 1. The highest BCUT2D eigenvalue weighted by Crippen LogP contribution is 2.13. The molecule has 2 unspecified atom stereocenters. The molecule has 0 saturated heterocycles. The molecule has 0 aromatic heterocycles. The molecule has 0 heterocycles. The van der Waals surface area contributed by atoms with Crippen LogP contribution in [0, 0.1) is 5.92 Å². The molecule has 2 atom stereocenters. The molecule has 0 saturated carbocycles. The Bertz CT molecular complexity index is 154. The second-order valence-corrected chi connectivity index (χ2v) is 4.17. The second kappa shape index (κ2) is 7.98. The van der Waals surface area contributed by atoms with Crippen molar-refractivity contribution in [1.29, 1.82) is 0 Å². The van der Waals surface area contributed by atoms with Crippen molar-refractivity contribution in [3.63, 3.8) is 0 Å². The largest absolute Gasteiger partial charge is 0.392 e. The van der Waals surface area contributed by atoms with Gasteiger partial charge in [0.2, 0.25) is 0 Å². The summed E-state index contributed by atoms with van der Waals surface area (Å²) in [5.41, 5.74) is 0. The van der Waals surface area contributed by atoms with E-state index in [4.69, 9.17) is 0 Å². The third-order valence-electron chi connectivity index (χ3n) is 2.82. The smallest absolute Gasteiger partial charge is 0.135 e. The summed E-state index contributed by atoms with van der Waals surface area (Å²) in [4.78, 5) is 11.0. The molecule has 14 heavy (non-hydrogen) atoms. The zero-order chi connectivity index (χ0) is 11.0. The Balaban J connectivity index is 3.43. The number of rotatable bonds is 8. The molecule has 0 aliphatic heterocycles. The van der Waals surface area contributed by atoms with Gasteiger partial charge >= 0.3 is 0 Å². The molecule has 84 valence electrons. The molecule has 0 aliphatic rings. The quantitative estimate of drug-likeness (QED) is 0.612. The highest BCUT2D eigenvalue weighted by atomic mass is 16.3. The lowest BCUT2D eigenvalue weighted by Crippen LogP contribution is -2.23. The zero-order valence-corrected chi connectivity index (χ0v) is 9.75. The van der Waals surface area contributed by atoms with Crippen molar-refractivity contribution >= 4 is 5.78 Å². The van der Waals surface area contributed by atoms with Gasteiger partial charge in [0.25, 0.3) is 0 Å². The van der Waals surface area contributed by atoms with Crippen molar-refractivity contribution in [3.8, 4) is 0 Å². The molecule has 2 nitrogen and oxygen atoms in total. The minimum atomic E-state index is -0.436. The molecule has 0 fully saturated rings. The van der Waals surface area contributed by atoms with Crippen LogP contribution in [0.4, 0.5) is 0 Å². The summed E-state index contributed by atoms with van der Waals surface area (Å²) in [6.07, 6.45) is 6.32. The molecule has 0 aromatic rings. The number of carbonyl (C=O) groups excluding carboxylic acids is 1. The number of hydrogen-bond acceptors (Lipinski definition) is 2. The van der Waals surface area contributed by atoms with Crippen molar-refractivity contribution in [2.45, 2.75) is 65.4 Å². The lowest BCUT2D eigenvalue weighted by atomic mass is 9.96. The van der Waals surface area contributed by atoms with Crippen molar-refractivity contribution in [2.75, 3.05) is 0 Å². The van der Waals surface area contributed by atoms with Gasteiger partial charge in [0, 0.05) is 5.92 Å². The molecular formula is C12H24O2. The number of aliphatic hydroxyl groups excluding tert-OH is 1. The Kier molecular flexibility index (Phi) is 7.77. The fourth-order valence-corrected chi connectivity index (χ4v) is 1.48. The lowest BCUT2D eigenvalue weighted by Gasteiger charge is -2.15. The van der Waals surface area contributed by atoms with Crippen LogP contribution in [-0.2, 0) is 4.79 Å². The first kappa shape index (κ1) is 13.6. The molecule has 0 amide bonds. The van der Waals surface area contributed by atoms with E-state index in [0.717, 1.165) is 12.8 Å². The summed E-state index contributed by atoms with van der Waals surface area (Å²) in [5, 5.41) is 9.62. The number of carbonyl (C=O) groups is 1. The first-order valence-corrected chi connectivity index (χ1v) is 5.78. The summed E-state index contributed by atoms with van der Waals surface area (Å²) in [6, 6.07) is 0. The molecule has 0 radical (unpaired) electrons. The molecule has 0 aromatic carbocycles. The number of ketones is 1. The van der Waals surface area contributed by atoms with Crippen LogP contribution in [0.25, 0.3) is 0 Å². The summed E-state index contributed by atoms with van der Waals surface area (Å²) in [5.74, 6) is -0.104. The van der Waals surface area contributed by atoms with Gasteiger partial charge in [0.1, 0.15) is 5.78 Å². The monoisotopic (exact) mass is 200 g/mol. The Morgan fingerprint density at radius 3 is 2.29 bits per heavy atom. The maximum Gasteiger partial charge on any atom is 0.135 e. The van der Waals surface area contributed by atoms with Crippen LogP contribution in [0.3, 0.4) is 0 Å². The van der Waals surface area contributed by atoms with E-state index in [-0.39, 0.29) is 11.7 Å². The molecule has 2 heteroatoms. The van der Waals surface area contributed by atoms with Crippen molar-refractivity contribution < 1.29 is 9.90 Å². The molecular weight excluding hydrogens is 176 g/mol. The fourth-order valence-electron chi connectivity index (χ4n) is 1.48. The highest BCUT2D eigenvalue weighted by Gasteiger charge is 2.17. The van der Waals surface area contributed by atoms with Crippen molar-refractivity contribution in [1.82, 2.24) is 0 Å². The predicted octanol–water partition coefficient (Wildman–Crippen LogP) is 2.93. The van der Waals surface area contributed by atoms with Crippen LogP contribution < -0.4 is 0 Å². The third kappa shape index (κ3) is 6.14. The van der Waals surface area contributed by atoms with Gasteiger partial charge in [-0.3, -0.25) is 4.79 Å².